The summed E-state index contributed by atoms with van der Waals surface area (Å²) >= 11 is 0. The lowest BCUT2D eigenvalue weighted by Gasteiger charge is -2.37. The molecule has 0 unspecified atom stereocenters. The highest BCUT2D eigenvalue weighted by molar-refractivity contribution is 5.88. The maximum absolute atomic E-state index is 13.1. The van der Waals surface area contributed by atoms with Crippen LogP contribution in [0.15, 0.2) is 36.4 Å². The second-order valence-electron chi connectivity index (χ2n) is 7.19. The smallest absolute Gasteiger partial charge is 0.355 e. The lowest BCUT2D eigenvalue weighted by atomic mass is 9.94. The molecule has 0 aromatic heterocycles. The summed E-state index contributed by atoms with van der Waals surface area (Å²) in [6.45, 7) is 3.60. The molecule has 156 valence electrons. The monoisotopic (exact) mass is 408 g/mol. The van der Waals surface area contributed by atoms with Crippen LogP contribution in [0.5, 0.6) is 0 Å². The van der Waals surface area contributed by atoms with Gasteiger partial charge < -0.3 is 16.0 Å². The van der Waals surface area contributed by atoms with Crippen molar-refractivity contribution < 1.29 is 17.6 Å². The number of alkyl halides is 3. The van der Waals surface area contributed by atoms with E-state index in [0.717, 1.165) is 11.1 Å². The van der Waals surface area contributed by atoms with E-state index in [2.05, 4.69) is 10.6 Å². The van der Waals surface area contributed by atoms with Gasteiger partial charge in [0.25, 0.3) is 0 Å². The SMILES string of the molecule is Cc1cc(Nc2ccc(F)cc2)c(C=N)cc1[C@@H]1CNCCN1CCC(F)(F)F. The quantitative estimate of drug-likeness (QED) is 0.477. The van der Waals surface area contributed by atoms with E-state index in [1.54, 1.807) is 12.1 Å². The summed E-state index contributed by atoms with van der Waals surface area (Å²) in [7, 11) is 0. The fraction of sp³-hybridized carbons (Fsp3) is 0.381. The van der Waals surface area contributed by atoms with Crippen LogP contribution < -0.4 is 10.6 Å². The van der Waals surface area contributed by atoms with Crippen molar-refractivity contribution in [3.8, 4) is 0 Å². The van der Waals surface area contributed by atoms with E-state index < -0.39 is 12.6 Å². The number of anilines is 2. The summed E-state index contributed by atoms with van der Waals surface area (Å²) in [5, 5.41) is 14.2. The van der Waals surface area contributed by atoms with Crippen LogP contribution in [0.3, 0.4) is 0 Å². The maximum atomic E-state index is 13.1. The first-order chi connectivity index (χ1) is 13.8. The molecule has 0 bridgehead atoms. The predicted octanol–water partition coefficient (Wildman–Crippen LogP) is 4.77. The average molecular weight is 408 g/mol. The molecule has 1 heterocycles. The van der Waals surface area contributed by atoms with Gasteiger partial charge in [-0.3, -0.25) is 4.90 Å². The summed E-state index contributed by atoms with van der Waals surface area (Å²) in [5.74, 6) is -0.335. The Bertz CT molecular complexity index is 849. The van der Waals surface area contributed by atoms with E-state index in [-0.39, 0.29) is 18.4 Å². The fourth-order valence-corrected chi connectivity index (χ4v) is 3.61. The van der Waals surface area contributed by atoms with Crippen molar-refractivity contribution in [3.05, 3.63) is 58.9 Å². The lowest BCUT2D eigenvalue weighted by Crippen LogP contribution is -2.47. The zero-order valence-corrected chi connectivity index (χ0v) is 16.1. The molecular formula is C21H24F4N4. The third-order valence-corrected chi connectivity index (χ3v) is 5.11. The van der Waals surface area contributed by atoms with Crippen molar-refractivity contribution in [2.24, 2.45) is 0 Å². The molecule has 2 aromatic carbocycles. The predicted molar refractivity (Wildman–Crippen MR) is 107 cm³/mol. The van der Waals surface area contributed by atoms with Crippen molar-refractivity contribution in [2.45, 2.75) is 25.6 Å². The van der Waals surface area contributed by atoms with E-state index in [4.69, 9.17) is 5.41 Å². The fourth-order valence-electron chi connectivity index (χ4n) is 3.61. The van der Waals surface area contributed by atoms with E-state index >= 15 is 0 Å². The summed E-state index contributed by atoms with van der Waals surface area (Å²) in [6, 6.07) is 9.46. The molecule has 1 aliphatic heterocycles. The Labute approximate surface area is 167 Å². The third kappa shape index (κ3) is 5.55. The van der Waals surface area contributed by atoms with Gasteiger partial charge in [-0.15, -0.1) is 0 Å². The number of hydrogen-bond donors (Lipinski definition) is 3. The Kier molecular flexibility index (Phi) is 6.54. The van der Waals surface area contributed by atoms with Crippen LogP contribution in [-0.2, 0) is 0 Å². The highest BCUT2D eigenvalue weighted by Crippen LogP contribution is 2.32. The average Bonchev–Trinajstić information content (AvgIpc) is 2.68. The summed E-state index contributed by atoms with van der Waals surface area (Å²) in [5.41, 5.74) is 3.83. The van der Waals surface area contributed by atoms with Gasteiger partial charge in [0.05, 0.1) is 6.42 Å². The van der Waals surface area contributed by atoms with Gasteiger partial charge in [-0.25, -0.2) is 4.39 Å². The van der Waals surface area contributed by atoms with E-state index in [9.17, 15) is 17.6 Å². The number of nitrogens with one attached hydrogen (secondary N) is 3. The van der Waals surface area contributed by atoms with Gasteiger partial charge in [0.15, 0.2) is 0 Å². The molecule has 1 aliphatic rings. The van der Waals surface area contributed by atoms with Crippen LogP contribution >= 0.6 is 0 Å². The Morgan fingerprint density at radius 3 is 2.62 bits per heavy atom. The number of halogens is 4. The minimum Gasteiger partial charge on any atom is -0.355 e. The minimum atomic E-state index is -4.19. The number of piperazine rings is 1. The highest BCUT2D eigenvalue weighted by Gasteiger charge is 2.32. The van der Waals surface area contributed by atoms with Crippen LogP contribution in [0, 0.1) is 18.2 Å². The Hall–Kier alpha value is -2.45. The molecule has 0 aliphatic carbocycles. The molecule has 3 N–H and O–H groups in total. The second-order valence-corrected chi connectivity index (χ2v) is 7.19. The van der Waals surface area contributed by atoms with E-state index in [0.29, 0.717) is 36.6 Å². The number of hydrogen-bond acceptors (Lipinski definition) is 4. The number of benzene rings is 2. The molecule has 1 atom stereocenters. The van der Waals surface area contributed by atoms with Crippen molar-refractivity contribution in [2.75, 3.05) is 31.5 Å². The van der Waals surface area contributed by atoms with Crippen LogP contribution in [0.25, 0.3) is 0 Å². The van der Waals surface area contributed by atoms with Gasteiger partial charge in [-0.1, -0.05) is 0 Å². The van der Waals surface area contributed by atoms with Crippen LogP contribution in [0.1, 0.15) is 29.2 Å². The van der Waals surface area contributed by atoms with Crippen molar-refractivity contribution in [3.63, 3.8) is 0 Å². The number of rotatable bonds is 6. The Morgan fingerprint density at radius 1 is 1.24 bits per heavy atom. The lowest BCUT2D eigenvalue weighted by molar-refractivity contribution is -0.139. The van der Waals surface area contributed by atoms with Crippen LogP contribution in [-0.4, -0.2) is 43.5 Å². The topological polar surface area (TPSA) is 51.2 Å². The number of nitrogens with zero attached hydrogens (tertiary/aromatic N) is 1. The standard InChI is InChI=1S/C21H24F4N4/c1-14-10-19(28-17-4-2-16(22)3-5-17)15(12-26)11-18(14)20-13-27-7-9-29(20)8-6-21(23,24)25/h2-5,10-12,20,26-28H,6-9,13H2,1H3/t20-/m0/s1. The van der Waals surface area contributed by atoms with E-state index in [1.807, 2.05) is 24.0 Å². The van der Waals surface area contributed by atoms with Crippen LogP contribution in [0.4, 0.5) is 28.9 Å². The van der Waals surface area contributed by atoms with Crippen molar-refractivity contribution in [1.29, 1.82) is 5.41 Å². The molecule has 29 heavy (non-hydrogen) atoms. The maximum Gasteiger partial charge on any atom is 0.390 e. The molecular weight excluding hydrogens is 384 g/mol. The largest absolute Gasteiger partial charge is 0.390 e. The normalized spacial score (nSPS) is 17.9. The van der Waals surface area contributed by atoms with E-state index in [1.165, 1.54) is 18.3 Å². The van der Waals surface area contributed by atoms with Gasteiger partial charge in [0, 0.05) is 55.4 Å². The summed E-state index contributed by atoms with van der Waals surface area (Å²) < 4.78 is 51.3. The molecule has 0 radical (unpaired) electrons. The second kappa shape index (κ2) is 8.92. The molecule has 0 spiro atoms. The first-order valence-electron chi connectivity index (χ1n) is 9.46. The molecule has 0 saturated carbocycles. The van der Waals surface area contributed by atoms with Crippen molar-refractivity contribution >= 4 is 17.6 Å². The third-order valence-electron chi connectivity index (χ3n) is 5.11. The zero-order valence-electron chi connectivity index (χ0n) is 16.1. The molecule has 4 nitrogen and oxygen atoms in total. The molecule has 1 fully saturated rings. The number of aryl methyl sites for hydroxylation is 1. The molecule has 0 amide bonds. The Morgan fingerprint density at radius 2 is 1.97 bits per heavy atom. The van der Waals surface area contributed by atoms with Crippen molar-refractivity contribution in [1.82, 2.24) is 10.2 Å². The highest BCUT2D eigenvalue weighted by atomic mass is 19.4. The van der Waals surface area contributed by atoms with Gasteiger partial charge in [-0.2, -0.15) is 13.2 Å². The Balaban J connectivity index is 1.86. The van der Waals surface area contributed by atoms with Crippen LogP contribution in [0.2, 0.25) is 0 Å². The van der Waals surface area contributed by atoms with Gasteiger partial charge in [0.1, 0.15) is 5.82 Å². The molecule has 8 heteroatoms. The molecule has 2 aromatic rings. The molecule has 1 saturated heterocycles. The van der Waals surface area contributed by atoms with Gasteiger partial charge in [-0.05, 0) is 54.4 Å². The minimum absolute atomic E-state index is 0.0508. The first-order valence-corrected chi connectivity index (χ1v) is 9.46. The van der Waals surface area contributed by atoms with Gasteiger partial charge in [0.2, 0.25) is 0 Å². The van der Waals surface area contributed by atoms with Gasteiger partial charge >= 0.3 is 6.18 Å². The molecule has 3 rings (SSSR count). The summed E-state index contributed by atoms with van der Waals surface area (Å²) in [6.07, 6.45) is -3.82. The summed E-state index contributed by atoms with van der Waals surface area (Å²) in [4.78, 5) is 1.85. The first kappa shape index (κ1) is 21.3. The zero-order chi connectivity index (χ0) is 21.0.